The van der Waals surface area contributed by atoms with E-state index >= 15 is 0 Å². The Balaban J connectivity index is 1.80. The molecule has 4 nitrogen and oxygen atoms in total. The molecule has 4 heteroatoms. The molecule has 1 heterocycles. The molecule has 1 aromatic carbocycles. The lowest BCUT2D eigenvalue weighted by Crippen LogP contribution is -2.44. The zero-order valence-corrected chi connectivity index (χ0v) is 12.5. The highest BCUT2D eigenvalue weighted by atomic mass is 16.2. The van der Waals surface area contributed by atoms with Gasteiger partial charge in [-0.25, -0.2) is 0 Å². The monoisotopic (exact) mass is 275 g/mol. The molecule has 0 unspecified atom stereocenters. The van der Waals surface area contributed by atoms with Gasteiger partial charge < -0.3 is 15.5 Å². The van der Waals surface area contributed by atoms with Crippen LogP contribution in [0.5, 0.6) is 0 Å². The van der Waals surface area contributed by atoms with Gasteiger partial charge in [0, 0.05) is 25.2 Å². The van der Waals surface area contributed by atoms with Crippen LogP contribution in [0.3, 0.4) is 0 Å². The molecule has 1 aliphatic rings. The summed E-state index contributed by atoms with van der Waals surface area (Å²) in [5, 5.41) is 0. The maximum Gasteiger partial charge on any atom is 0.222 e. The third kappa shape index (κ3) is 3.97. The number of aryl methyl sites for hydroxylation is 1. The van der Waals surface area contributed by atoms with E-state index in [1.54, 1.807) is 0 Å². The quantitative estimate of drug-likeness (QED) is 0.852. The normalized spacial score (nSPS) is 17.1. The van der Waals surface area contributed by atoms with E-state index in [1.807, 2.05) is 36.2 Å². The number of nitrogens with zero attached hydrogens (tertiary/aromatic N) is 2. The summed E-state index contributed by atoms with van der Waals surface area (Å²) in [5.74, 6) is 0.247. The lowest BCUT2D eigenvalue weighted by Gasteiger charge is -2.35. The van der Waals surface area contributed by atoms with Gasteiger partial charge in [0.1, 0.15) is 0 Å². The van der Waals surface area contributed by atoms with Crippen LogP contribution in [-0.4, -0.2) is 48.9 Å². The van der Waals surface area contributed by atoms with Crippen LogP contribution in [0.15, 0.2) is 24.3 Å². The zero-order valence-electron chi connectivity index (χ0n) is 12.5. The van der Waals surface area contributed by atoms with Crippen LogP contribution in [-0.2, 0) is 11.2 Å². The van der Waals surface area contributed by atoms with E-state index in [0.717, 1.165) is 38.0 Å². The summed E-state index contributed by atoms with van der Waals surface area (Å²) in [6.45, 7) is 2.17. The lowest BCUT2D eigenvalue weighted by molar-refractivity contribution is -0.132. The smallest absolute Gasteiger partial charge is 0.222 e. The highest BCUT2D eigenvalue weighted by molar-refractivity contribution is 5.76. The second-order valence-electron chi connectivity index (χ2n) is 5.78. The first-order valence-electron chi connectivity index (χ1n) is 7.35. The molecule has 1 aliphatic heterocycles. The first-order valence-corrected chi connectivity index (χ1v) is 7.35. The van der Waals surface area contributed by atoms with E-state index in [-0.39, 0.29) is 5.91 Å². The Labute approximate surface area is 121 Å². The minimum absolute atomic E-state index is 0.247. The number of rotatable bonds is 4. The van der Waals surface area contributed by atoms with Crippen LogP contribution in [0.2, 0.25) is 0 Å². The number of piperidine rings is 1. The molecule has 0 aromatic heterocycles. The predicted molar refractivity (Wildman–Crippen MR) is 82.5 cm³/mol. The van der Waals surface area contributed by atoms with Gasteiger partial charge in [-0.1, -0.05) is 12.1 Å². The van der Waals surface area contributed by atoms with Gasteiger partial charge in [-0.05, 0) is 57.1 Å². The molecule has 2 N–H and O–H groups in total. The maximum absolute atomic E-state index is 12.3. The third-order valence-corrected chi connectivity index (χ3v) is 4.24. The molecule has 2 rings (SSSR count). The average Bonchev–Trinajstić information content (AvgIpc) is 2.46. The standard InChI is InChI=1S/C16H25N3O/c1-18-11-9-15(10-12-18)19(2)16(20)8-5-13-3-6-14(17)7-4-13/h3-4,6-7,15H,5,8-12,17H2,1-2H3. The van der Waals surface area contributed by atoms with Crippen LogP contribution in [0.25, 0.3) is 0 Å². The fourth-order valence-corrected chi connectivity index (χ4v) is 2.70. The van der Waals surface area contributed by atoms with Gasteiger partial charge in [0.25, 0.3) is 0 Å². The van der Waals surface area contributed by atoms with Crippen molar-refractivity contribution in [3.05, 3.63) is 29.8 Å². The first kappa shape index (κ1) is 14.9. The van der Waals surface area contributed by atoms with E-state index in [1.165, 1.54) is 5.56 Å². The SMILES string of the molecule is CN1CCC(N(C)C(=O)CCc2ccc(N)cc2)CC1. The van der Waals surface area contributed by atoms with Gasteiger partial charge in [-0.2, -0.15) is 0 Å². The van der Waals surface area contributed by atoms with Crippen molar-refractivity contribution in [3.8, 4) is 0 Å². The largest absolute Gasteiger partial charge is 0.399 e. The minimum atomic E-state index is 0.247. The Hall–Kier alpha value is -1.55. The summed E-state index contributed by atoms with van der Waals surface area (Å²) < 4.78 is 0. The van der Waals surface area contributed by atoms with Gasteiger partial charge >= 0.3 is 0 Å². The van der Waals surface area contributed by atoms with Gasteiger partial charge in [0.2, 0.25) is 5.91 Å². The molecule has 0 bridgehead atoms. The van der Waals surface area contributed by atoms with Crippen LogP contribution < -0.4 is 5.73 Å². The van der Waals surface area contributed by atoms with E-state index in [2.05, 4.69) is 11.9 Å². The molecule has 0 aliphatic carbocycles. The summed E-state index contributed by atoms with van der Waals surface area (Å²) in [4.78, 5) is 16.5. The molecule has 1 saturated heterocycles. The van der Waals surface area contributed by atoms with Crippen molar-refractivity contribution in [2.75, 3.05) is 32.9 Å². The van der Waals surface area contributed by atoms with Gasteiger partial charge in [0.15, 0.2) is 0 Å². The Bertz CT molecular complexity index is 436. The second kappa shape index (κ2) is 6.75. The molecule has 20 heavy (non-hydrogen) atoms. The van der Waals surface area contributed by atoms with E-state index in [0.29, 0.717) is 12.5 Å². The molecule has 110 valence electrons. The number of anilines is 1. The zero-order chi connectivity index (χ0) is 14.5. The number of hydrogen-bond donors (Lipinski definition) is 1. The third-order valence-electron chi connectivity index (χ3n) is 4.24. The average molecular weight is 275 g/mol. The Morgan fingerprint density at radius 2 is 1.90 bits per heavy atom. The summed E-state index contributed by atoms with van der Waals surface area (Å²) in [6, 6.07) is 8.18. The number of likely N-dealkylation sites (tertiary alicyclic amines) is 1. The highest BCUT2D eigenvalue weighted by Crippen LogP contribution is 2.16. The van der Waals surface area contributed by atoms with Crippen molar-refractivity contribution in [2.45, 2.75) is 31.7 Å². The number of benzene rings is 1. The summed E-state index contributed by atoms with van der Waals surface area (Å²) >= 11 is 0. The van der Waals surface area contributed by atoms with E-state index < -0.39 is 0 Å². The first-order chi connectivity index (χ1) is 9.56. The van der Waals surface area contributed by atoms with Crippen LogP contribution in [0.4, 0.5) is 5.69 Å². The summed E-state index contributed by atoms with van der Waals surface area (Å²) in [5.41, 5.74) is 7.60. The van der Waals surface area contributed by atoms with Gasteiger partial charge in [-0.3, -0.25) is 4.79 Å². The van der Waals surface area contributed by atoms with Gasteiger partial charge in [-0.15, -0.1) is 0 Å². The van der Waals surface area contributed by atoms with Crippen LogP contribution in [0.1, 0.15) is 24.8 Å². The van der Waals surface area contributed by atoms with Crippen LogP contribution in [0, 0.1) is 0 Å². The molecule has 1 fully saturated rings. The number of carbonyl (C=O) groups is 1. The fourth-order valence-electron chi connectivity index (χ4n) is 2.70. The van der Waals surface area contributed by atoms with Crippen molar-refractivity contribution < 1.29 is 4.79 Å². The number of nitrogen functional groups attached to an aromatic ring is 1. The Morgan fingerprint density at radius 3 is 2.50 bits per heavy atom. The topological polar surface area (TPSA) is 49.6 Å². The fraction of sp³-hybridized carbons (Fsp3) is 0.562. The van der Waals surface area contributed by atoms with Crippen LogP contribution >= 0.6 is 0 Å². The van der Waals surface area contributed by atoms with Gasteiger partial charge in [0.05, 0.1) is 0 Å². The van der Waals surface area contributed by atoms with E-state index in [9.17, 15) is 4.79 Å². The van der Waals surface area contributed by atoms with Crippen molar-refractivity contribution in [1.29, 1.82) is 0 Å². The summed E-state index contributed by atoms with van der Waals surface area (Å²) in [6.07, 6.45) is 3.53. The molecule has 0 spiro atoms. The predicted octanol–water partition coefficient (Wildman–Crippen LogP) is 1.75. The van der Waals surface area contributed by atoms with Crippen molar-refractivity contribution in [3.63, 3.8) is 0 Å². The molecular formula is C16H25N3O. The molecule has 0 atom stereocenters. The highest BCUT2D eigenvalue weighted by Gasteiger charge is 2.23. The molecule has 0 saturated carbocycles. The number of amides is 1. The maximum atomic E-state index is 12.3. The Morgan fingerprint density at radius 1 is 1.30 bits per heavy atom. The van der Waals surface area contributed by atoms with Crippen molar-refractivity contribution >= 4 is 11.6 Å². The number of nitrogens with two attached hydrogens (primary N) is 1. The molecule has 1 amide bonds. The number of hydrogen-bond acceptors (Lipinski definition) is 3. The molecule has 1 aromatic rings. The van der Waals surface area contributed by atoms with E-state index in [4.69, 9.17) is 5.73 Å². The Kier molecular flexibility index (Phi) is 5.01. The van der Waals surface area contributed by atoms with Crippen molar-refractivity contribution in [1.82, 2.24) is 9.80 Å². The molecule has 0 radical (unpaired) electrons. The summed E-state index contributed by atoms with van der Waals surface area (Å²) in [7, 11) is 4.08. The molecular weight excluding hydrogens is 250 g/mol. The number of carbonyl (C=O) groups excluding carboxylic acids is 1. The minimum Gasteiger partial charge on any atom is -0.399 e. The van der Waals surface area contributed by atoms with Crippen molar-refractivity contribution in [2.24, 2.45) is 0 Å². The lowest BCUT2D eigenvalue weighted by atomic mass is 10.0. The second-order valence-corrected chi connectivity index (χ2v) is 5.78.